The Morgan fingerprint density at radius 3 is 2.75 bits per heavy atom. The Morgan fingerprint density at radius 2 is 2.05 bits per heavy atom. The summed E-state index contributed by atoms with van der Waals surface area (Å²) in [6, 6.07) is 0. The maximum atomic E-state index is 5.76. The molecule has 0 spiro atoms. The van der Waals surface area contributed by atoms with Crippen molar-refractivity contribution in [2.45, 2.75) is 20.4 Å². The van der Waals surface area contributed by atoms with Crippen molar-refractivity contribution in [2.24, 2.45) is 7.05 Å². The van der Waals surface area contributed by atoms with Crippen LogP contribution in [-0.2, 0) is 13.6 Å². The molecule has 0 saturated carbocycles. The van der Waals surface area contributed by atoms with Crippen molar-refractivity contribution in [3.05, 3.63) is 21.9 Å². The SMILES string of the molecule is Cc1nc(CNc2nc(N)nc3c2nc(C)n3C)cs1. The van der Waals surface area contributed by atoms with Gasteiger partial charge in [0, 0.05) is 12.4 Å². The number of rotatable bonds is 3. The molecule has 104 valence electrons. The molecule has 0 unspecified atom stereocenters. The van der Waals surface area contributed by atoms with Gasteiger partial charge in [-0.1, -0.05) is 0 Å². The number of aromatic nitrogens is 5. The van der Waals surface area contributed by atoms with Crippen LogP contribution in [0.4, 0.5) is 11.8 Å². The molecule has 3 rings (SSSR count). The van der Waals surface area contributed by atoms with Crippen molar-refractivity contribution in [1.29, 1.82) is 0 Å². The van der Waals surface area contributed by atoms with Gasteiger partial charge < -0.3 is 15.6 Å². The summed E-state index contributed by atoms with van der Waals surface area (Å²) in [6.07, 6.45) is 0. The zero-order valence-corrected chi connectivity index (χ0v) is 12.3. The topological polar surface area (TPSA) is 94.5 Å². The minimum atomic E-state index is 0.234. The van der Waals surface area contributed by atoms with Gasteiger partial charge in [-0.25, -0.2) is 9.97 Å². The molecule has 0 fully saturated rings. The zero-order valence-electron chi connectivity index (χ0n) is 11.5. The minimum absolute atomic E-state index is 0.234. The first-order chi connectivity index (χ1) is 9.54. The van der Waals surface area contributed by atoms with Gasteiger partial charge in [-0.15, -0.1) is 11.3 Å². The van der Waals surface area contributed by atoms with E-state index in [0.29, 0.717) is 12.4 Å². The van der Waals surface area contributed by atoms with E-state index in [9.17, 15) is 0 Å². The summed E-state index contributed by atoms with van der Waals surface area (Å²) >= 11 is 1.62. The molecule has 0 saturated heterocycles. The molecule has 8 heteroatoms. The maximum absolute atomic E-state index is 5.76. The Labute approximate surface area is 119 Å². The number of imidazole rings is 1. The number of nitrogens with two attached hydrogens (primary N) is 1. The van der Waals surface area contributed by atoms with E-state index >= 15 is 0 Å². The van der Waals surface area contributed by atoms with Crippen molar-refractivity contribution in [2.75, 3.05) is 11.1 Å². The number of nitrogens with zero attached hydrogens (tertiary/aromatic N) is 5. The molecule has 0 atom stereocenters. The molecule has 0 aliphatic carbocycles. The Bertz CT molecular complexity index is 774. The van der Waals surface area contributed by atoms with Gasteiger partial charge in [0.05, 0.1) is 17.2 Å². The molecule has 0 aliphatic heterocycles. The molecular formula is C12H15N7S. The van der Waals surface area contributed by atoms with Crippen molar-refractivity contribution in [1.82, 2.24) is 24.5 Å². The molecular weight excluding hydrogens is 274 g/mol. The lowest BCUT2D eigenvalue weighted by molar-refractivity contribution is 0.873. The highest BCUT2D eigenvalue weighted by molar-refractivity contribution is 7.09. The van der Waals surface area contributed by atoms with Crippen LogP contribution in [0.1, 0.15) is 16.5 Å². The normalized spacial score (nSPS) is 11.2. The third-order valence-electron chi connectivity index (χ3n) is 3.06. The number of nitrogen functional groups attached to an aromatic ring is 1. The van der Waals surface area contributed by atoms with E-state index in [1.807, 2.05) is 30.8 Å². The van der Waals surface area contributed by atoms with E-state index in [1.54, 1.807) is 11.3 Å². The largest absolute Gasteiger partial charge is 0.368 e. The lowest BCUT2D eigenvalue weighted by Crippen LogP contribution is -2.06. The van der Waals surface area contributed by atoms with Crippen LogP contribution in [0.3, 0.4) is 0 Å². The number of hydrogen-bond donors (Lipinski definition) is 2. The van der Waals surface area contributed by atoms with Gasteiger partial charge in [0.25, 0.3) is 0 Å². The van der Waals surface area contributed by atoms with E-state index in [4.69, 9.17) is 5.73 Å². The van der Waals surface area contributed by atoms with Crippen LogP contribution in [0.5, 0.6) is 0 Å². The van der Waals surface area contributed by atoms with Crippen LogP contribution in [0.15, 0.2) is 5.38 Å². The average Bonchev–Trinajstić information content (AvgIpc) is 2.94. The molecule has 3 N–H and O–H groups in total. The number of nitrogens with one attached hydrogen (secondary N) is 1. The Balaban J connectivity index is 1.96. The van der Waals surface area contributed by atoms with E-state index < -0.39 is 0 Å². The quantitative estimate of drug-likeness (QED) is 0.761. The van der Waals surface area contributed by atoms with Gasteiger partial charge in [0.15, 0.2) is 17.0 Å². The third-order valence-corrected chi connectivity index (χ3v) is 3.89. The van der Waals surface area contributed by atoms with Crippen molar-refractivity contribution < 1.29 is 0 Å². The number of fused-ring (bicyclic) bond motifs is 1. The van der Waals surface area contributed by atoms with Gasteiger partial charge in [0.1, 0.15) is 5.82 Å². The average molecular weight is 289 g/mol. The Hall–Kier alpha value is -2.22. The van der Waals surface area contributed by atoms with Gasteiger partial charge >= 0.3 is 0 Å². The molecule has 0 bridgehead atoms. The summed E-state index contributed by atoms with van der Waals surface area (Å²) in [5.74, 6) is 1.74. The molecule has 0 aromatic carbocycles. The van der Waals surface area contributed by atoms with E-state index in [2.05, 4.69) is 25.3 Å². The molecule has 20 heavy (non-hydrogen) atoms. The second kappa shape index (κ2) is 4.71. The monoisotopic (exact) mass is 289 g/mol. The van der Waals surface area contributed by atoms with Crippen molar-refractivity contribution in [3.8, 4) is 0 Å². The predicted octanol–water partition coefficient (Wildman–Crippen LogP) is 1.63. The van der Waals surface area contributed by atoms with Gasteiger partial charge in [-0.3, -0.25) is 0 Å². The molecule has 3 aromatic heterocycles. The second-order valence-electron chi connectivity index (χ2n) is 4.53. The highest BCUT2D eigenvalue weighted by Gasteiger charge is 2.13. The third kappa shape index (κ3) is 2.18. The molecule has 3 heterocycles. The highest BCUT2D eigenvalue weighted by Crippen LogP contribution is 2.21. The van der Waals surface area contributed by atoms with Crippen LogP contribution in [-0.4, -0.2) is 24.5 Å². The lowest BCUT2D eigenvalue weighted by Gasteiger charge is -2.05. The fraction of sp³-hybridized carbons (Fsp3) is 0.333. The fourth-order valence-electron chi connectivity index (χ4n) is 1.97. The highest BCUT2D eigenvalue weighted by atomic mass is 32.1. The van der Waals surface area contributed by atoms with Gasteiger partial charge in [0.2, 0.25) is 5.95 Å². The standard InChI is InChI=1S/C12H15N7S/c1-6-15-9-10(14-4-8-5-20-7(2)16-8)17-12(13)18-11(9)19(6)3/h5H,4H2,1-3H3,(H3,13,14,17,18). The maximum Gasteiger partial charge on any atom is 0.224 e. The Kier molecular flexibility index (Phi) is 3.01. The van der Waals surface area contributed by atoms with Crippen LogP contribution in [0.2, 0.25) is 0 Å². The van der Waals surface area contributed by atoms with E-state index in [-0.39, 0.29) is 5.95 Å². The molecule has 7 nitrogen and oxygen atoms in total. The number of thiazole rings is 1. The van der Waals surface area contributed by atoms with Crippen LogP contribution in [0.25, 0.3) is 11.2 Å². The van der Waals surface area contributed by atoms with Crippen LogP contribution >= 0.6 is 11.3 Å². The summed E-state index contributed by atoms with van der Waals surface area (Å²) in [7, 11) is 1.91. The first-order valence-corrected chi connectivity index (χ1v) is 7.04. The smallest absolute Gasteiger partial charge is 0.224 e. The number of anilines is 2. The lowest BCUT2D eigenvalue weighted by atomic mass is 10.4. The first kappa shape index (κ1) is 12.8. The summed E-state index contributed by atoms with van der Waals surface area (Å²) in [4.78, 5) is 17.3. The minimum Gasteiger partial charge on any atom is -0.368 e. The van der Waals surface area contributed by atoms with Gasteiger partial charge in [-0.2, -0.15) is 9.97 Å². The van der Waals surface area contributed by atoms with Crippen molar-refractivity contribution >= 4 is 34.3 Å². The summed E-state index contributed by atoms with van der Waals surface area (Å²) < 4.78 is 1.89. The van der Waals surface area contributed by atoms with Crippen LogP contribution in [0, 0.1) is 13.8 Å². The van der Waals surface area contributed by atoms with Gasteiger partial charge in [-0.05, 0) is 13.8 Å². The van der Waals surface area contributed by atoms with E-state index in [1.165, 1.54) is 0 Å². The molecule has 0 radical (unpaired) electrons. The van der Waals surface area contributed by atoms with E-state index in [0.717, 1.165) is 27.7 Å². The zero-order chi connectivity index (χ0) is 14.3. The summed E-state index contributed by atoms with van der Waals surface area (Å²) in [5.41, 5.74) is 8.19. The summed E-state index contributed by atoms with van der Waals surface area (Å²) in [5, 5.41) is 6.30. The van der Waals surface area contributed by atoms with Crippen molar-refractivity contribution in [3.63, 3.8) is 0 Å². The molecule has 0 aliphatic rings. The predicted molar refractivity (Wildman–Crippen MR) is 79.6 cm³/mol. The summed E-state index contributed by atoms with van der Waals surface area (Å²) in [6.45, 7) is 4.49. The Morgan fingerprint density at radius 1 is 1.25 bits per heavy atom. The fourth-order valence-corrected chi connectivity index (χ4v) is 2.59. The first-order valence-electron chi connectivity index (χ1n) is 6.16. The molecule has 0 amide bonds. The molecule has 3 aromatic rings. The number of aryl methyl sites for hydroxylation is 3. The number of hydrogen-bond acceptors (Lipinski definition) is 7. The van der Waals surface area contributed by atoms with Crippen LogP contribution < -0.4 is 11.1 Å². The second-order valence-corrected chi connectivity index (χ2v) is 5.59.